The first-order valence-electron chi connectivity index (χ1n) is 11.2. The molecule has 9 heteroatoms. The van der Waals surface area contributed by atoms with E-state index in [0.29, 0.717) is 34.8 Å². The first kappa shape index (κ1) is 22.6. The molecule has 174 valence electrons. The van der Waals surface area contributed by atoms with Gasteiger partial charge in [-0.15, -0.1) is 11.3 Å². The van der Waals surface area contributed by atoms with Crippen LogP contribution in [-0.2, 0) is 11.3 Å². The van der Waals surface area contributed by atoms with E-state index in [1.54, 1.807) is 28.2 Å². The molecule has 3 aromatic heterocycles. The van der Waals surface area contributed by atoms with Crippen LogP contribution < -0.4 is 5.56 Å². The molecule has 0 radical (unpaired) electrons. The van der Waals surface area contributed by atoms with Crippen molar-refractivity contribution in [1.82, 2.24) is 14.6 Å². The van der Waals surface area contributed by atoms with Gasteiger partial charge in [0.05, 0.1) is 33.5 Å². The molecule has 0 saturated heterocycles. The molecule has 1 atom stereocenters. The van der Waals surface area contributed by atoms with Crippen molar-refractivity contribution in [2.24, 2.45) is 5.10 Å². The van der Waals surface area contributed by atoms with Crippen molar-refractivity contribution >= 4 is 45.6 Å². The number of amides is 1. The van der Waals surface area contributed by atoms with Crippen LogP contribution in [0.3, 0.4) is 0 Å². The van der Waals surface area contributed by atoms with E-state index in [2.05, 4.69) is 12.0 Å². The number of hydrogen-bond acceptors (Lipinski definition) is 7. The third kappa shape index (κ3) is 4.45. The van der Waals surface area contributed by atoms with E-state index in [1.165, 1.54) is 16.8 Å². The summed E-state index contributed by atoms with van der Waals surface area (Å²) in [6, 6.07) is 14.7. The quantitative estimate of drug-likeness (QED) is 0.246. The van der Waals surface area contributed by atoms with Gasteiger partial charge in [0.15, 0.2) is 5.16 Å². The van der Waals surface area contributed by atoms with Gasteiger partial charge >= 0.3 is 0 Å². The molecule has 4 aromatic rings. The highest BCUT2D eigenvalue weighted by atomic mass is 32.2. The molecule has 34 heavy (non-hydrogen) atoms. The van der Waals surface area contributed by atoms with Crippen LogP contribution in [0, 0.1) is 0 Å². The monoisotopic (exact) mass is 492 g/mol. The smallest absolute Gasteiger partial charge is 0.262 e. The van der Waals surface area contributed by atoms with Crippen molar-refractivity contribution in [2.75, 3.05) is 5.75 Å². The first-order chi connectivity index (χ1) is 16.7. The molecule has 1 aromatic carbocycles. The van der Waals surface area contributed by atoms with Gasteiger partial charge in [-0.25, -0.2) is 9.99 Å². The maximum atomic E-state index is 13.4. The van der Waals surface area contributed by atoms with Crippen LogP contribution in [-0.4, -0.2) is 31.9 Å². The number of unbranched alkanes of at least 4 members (excludes halogenated alkanes) is 1. The molecule has 1 unspecified atom stereocenters. The largest absolute Gasteiger partial charge is 0.467 e. The van der Waals surface area contributed by atoms with E-state index in [9.17, 15) is 9.59 Å². The Bertz CT molecular complexity index is 1380. The lowest BCUT2D eigenvalue weighted by Crippen LogP contribution is -2.29. The van der Waals surface area contributed by atoms with E-state index in [0.717, 1.165) is 23.4 Å². The molecular formula is C25H24N4O3S2. The third-order valence-electron chi connectivity index (χ3n) is 5.73. The Balaban J connectivity index is 1.42. The molecule has 1 aliphatic rings. The predicted molar refractivity (Wildman–Crippen MR) is 135 cm³/mol. The van der Waals surface area contributed by atoms with Gasteiger partial charge in [-0.3, -0.25) is 14.2 Å². The van der Waals surface area contributed by atoms with Crippen LogP contribution in [0.25, 0.3) is 10.9 Å². The molecule has 7 nitrogen and oxygen atoms in total. The Morgan fingerprint density at radius 2 is 2.09 bits per heavy atom. The number of thiophene rings is 1. The minimum Gasteiger partial charge on any atom is -0.467 e. The highest BCUT2D eigenvalue weighted by Crippen LogP contribution is 2.34. The maximum Gasteiger partial charge on any atom is 0.262 e. The molecular weight excluding hydrogens is 468 g/mol. The van der Waals surface area contributed by atoms with Crippen molar-refractivity contribution in [2.45, 2.75) is 43.9 Å². The van der Waals surface area contributed by atoms with Crippen molar-refractivity contribution in [3.8, 4) is 0 Å². The van der Waals surface area contributed by atoms with Crippen molar-refractivity contribution in [1.29, 1.82) is 0 Å². The minimum absolute atomic E-state index is 0.0679. The molecule has 0 aliphatic carbocycles. The number of carbonyl (C=O) groups is 1. The number of carbonyl (C=O) groups excluding carboxylic acids is 1. The van der Waals surface area contributed by atoms with Crippen LogP contribution >= 0.6 is 23.1 Å². The molecule has 1 amide bonds. The molecule has 0 fully saturated rings. The Hall–Kier alpha value is -3.17. The maximum absolute atomic E-state index is 13.4. The number of fused-ring (bicyclic) bond motifs is 1. The minimum atomic E-state index is -0.285. The van der Waals surface area contributed by atoms with Crippen LogP contribution in [0.5, 0.6) is 0 Å². The third-order valence-corrected chi connectivity index (χ3v) is 7.61. The van der Waals surface area contributed by atoms with Gasteiger partial charge in [0.25, 0.3) is 11.5 Å². The number of furan rings is 1. The summed E-state index contributed by atoms with van der Waals surface area (Å²) in [6.07, 6.45) is 4.03. The topological polar surface area (TPSA) is 80.7 Å². The zero-order valence-corrected chi connectivity index (χ0v) is 20.3. The van der Waals surface area contributed by atoms with Crippen molar-refractivity contribution in [3.05, 3.63) is 81.2 Å². The Kier molecular flexibility index (Phi) is 6.64. The van der Waals surface area contributed by atoms with Gasteiger partial charge in [0.1, 0.15) is 11.8 Å². The summed E-state index contributed by atoms with van der Waals surface area (Å²) < 4.78 is 7.32. The number of rotatable bonds is 8. The second kappa shape index (κ2) is 9.99. The van der Waals surface area contributed by atoms with E-state index >= 15 is 0 Å². The van der Waals surface area contributed by atoms with Crippen molar-refractivity contribution < 1.29 is 9.21 Å². The number of hydrazone groups is 1. The summed E-state index contributed by atoms with van der Waals surface area (Å²) in [5.74, 6) is 0.676. The number of hydrogen-bond donors (Lipinski definition) is 0. The zero-order chi connectivity index (χ0) is 23.5. The molecule has 0 bridgehead atoms. The summed E-state index contributed by atoms with van der Waals surface area (Å²) in [5, 5.41) is 9.34. The molecule has 0 N–H and O–H groups in total. The Morgan fingerprint density at radius 3 is 2.85 bits per heavy atom. The highest BCUT2D eigenvalue weighted by molar-refractivity contribution is 7.99. The number of benzene rings is 1. The number of para-hydroxylation sites is 1. The normalized spacial score (nSPS) is 15.7. The average Bonchev–Trinajstić information content (AvgIpc) is 3.63. The lowest BCUT2D eigenvalue weighted by atomic mass is 10.1. The lowest BCUT2D eigenvalue weighted by molar-refractivity contribution is -0.130. The van der Waals surface area contributed by atoms with Gasteiger partial charge < -0.3 is 4.42 Å². The van der Waals surface area contributed by atoms with Gasteiger partial charge in [-0.2, -0.15) is 5.10 Å². The Labute approximate surface area is 205 Å². The number of aromatic nitrogens is 2. The van der Waals surface area contributed by atoms with Crippen LogP contribution in [0.2, 0.25) is 0 Å². The van der Waals surface area contributed by atoms with Crippen molar-refractivity contribution in [3.63, 3.8) is 0 Å². The second-order valence-corrected chi connectivity index (χ2v) is 9.90. The van der Waals surface area contributed by atoms with Gasteiger partial charge in [0.2, 0.25) is 0 Å². The Morgan fingerprint density at radius 1 is 1.21 bits per heavy atom. The standard InChI is InChI=1S/C25H24N4O3S2/c1-2-3-12-28-24(31)17-8-4-5-9-18(17)26-25(28)34-16-23(30)29-20(21-10-6-13-32-21)15-19(27-29)22-11-7-14-33-22/h4-11,13-14,20H,2-3,12,15-16H2,1H3. The van der Waals surface area contributed by atoms with Crippen LogP contribution in [0.4, 0.5) is 0 Å². The average molecular weight is 493 g/mol. The summed E-state index contributed by atoms with van der Waals surface area (Å²) >= 11 is 2.89. The number of nitrogens with zero attached hydrogens (tertiary/aromatic N) is 4. The van der Waals surface area contributed by atoms with Crippen LogP contribution in [0.15, 0.2) is 79.6 Å². The second-order valence-electron chi connectivity index (χ2n) is 8.01. The molecule has 4 heterocycles. The SMILES string of the molecule is CCCCn1c(SCC(=O)N2N=C(c3cccs3)CC2c2ccco2)nc2ccccc2c1=O. The fourth-order valence-corrected chi connectivity index (χ4v) is 5.60. The fourth-order valence-electron chi connectivity index (χ4n) is 4.00. The predicted octanol–water partition coefficient (Wildman–Crippen LogP) is 5.32. The first-order valence-corrected chi connectivity index (χ1v) is 13.1. The molecule has 0 saturated carbocycles. The zero-order valence-electron chi connectivity index (χ0n) is 18.7. The van der Waals surface area contributed by atoms with E-state index in [1.807, 2.05) is 47.8 Å². The van der Waals surface area contributed by atoms with E-state index in [4.69, 9.17) is 9.40 Å². The molecule has 1 aliphatic heterocycles. The highest BCUT2D eigenvalue weighted by Gasteiger charge is 2.35. The summed E-state index contributed by atoms with van der Waals surface area (Å²) in [5.41, 5.74) is 1.45. The number of thioether (sulfide) groups is 1. The van der Waals surface area contributed by atoms with E-state index < -0.39 is 0 Å². The van der Waals surface area contributed by atoms with Crippen LogP contribution in [0.1, 0.15) is 42.9 Å². The molecule has 0 spiro atoms. The van der Waals surface area contributed by atoms with Gasteiger partial charge in [0, 0.05) is 13.0 Å². The van der Waals surface area contributed by atoms with Gasteiger partial charge in [-0.05, 0) is 42.1 Å². The van der Waals surface area contributed by atoms with Gasteiger partial charge in [-0.1, -0.05) is 43.3 Å². The summed E-state index contributed by atoms with van der Waals surface area (Å²) in [6.45, 7) is 2.66. The lowest BCUT2D eigenvalue weighted by Gasteiger charge is -2.20. The fraction of sp³-hybridized carbons (Fsp3) is 0.280. The summed E-state index contributed by atoms with van der Waals surface area (Å²) in [7, 11) is 0. The summed E-state index contributed by atoms with van der Waals surface area (Å²) in [4.78, 5) is 32.2. The molecule has 5 rings (SSSR count). The van der Waals surface area contributed by atoms with E-state index in [-0.39, 0.29) is 23.3 Å².